The van der Waals surface area contributed by atoms with E-state index in [1.165, 1.54) is 0 Å². The second-order valence-corrected chi connectivity index (χ2v) is 5.25. The van der Waals surface area contributed by atoms with E-state index in [0.717, 1.165) is 23.9 Å². The third-order valence-electron chi connectivity index (χ3n) is 2.98. The molecule has 17 heavy (non-hydrogen) atoms. The van der Waals surface area contributed by atoms with Gasteiger partial charge in [-0.15, -0.1) is 0 Å². The minimum atomic E-state index is -0.117. The number of aromatic nitrogens is 2. The first-order chi connectivity index (χ1) is 8.10. The van der Waals surface area contributed by atoms with Crippen LogP contribution in [0.1, 0.15) is 12.8 Å². The van der Waals surface area contributed by atoms with Gasteiger partial charge in [0, 0.05) is 13.6 Å². The fourth-order valence-corrected chi connectivity index (χ4v) is 2.34. The Morgan fingerprint density at radius 3 is 2.88 bits per heavy atom. The number of hydrogen-bond donors (Lipinski definition) is 1. The number of anilines is 1. The summed E-state index contributed by atoms with van der Waals surface area (Å²) in [4.78, 5) is 10.5. The topological polar surface area (TPSA) is 58.5 Å². The normalized spacial score (nSPS) is 23.1. The molecule has 1 aromatic heterocycles. The molecule has 0 radical (unpaired) electrons. The van der Waals surface area contributed by atoms with Crippen LogP contribution in [0.25, 0.3) is 0 Å². The van der Waals surface area contributed by atoms with E-state index in [1.807, 2.05) is 11.9 Å². The lowest BCUT2D eigenvalue weighted by Gasteiger charge is -2.34. The standard InChI is InChI=1S/C11H16BrN3O2/c1-15(6-7-3-8(16)4-7)11-13-5-9(12)10(14-11)17-2/h5,7-8,16H,3-4,6H2,1-2H3. The van der Waals surface area contributed by atoms with E-state index >= 15 is 0 Å². The van der Waals surface area contributed by atoms with Crippen LogP contribution in [0.4, 0.5) is 5.95 Å². The van der Waals surface area contributed by atoms with Crippen LogP contribution in [-0.2, 0) is 0 Å². The number of rotatable bonds is 4. The summed E-state index contributed by atoms with van der Waals surface area (Å²) in [6, 6.07) is 0. The molecule has 0 saturated heterocycles. The van der Waals surface area contributed by atoms with E-state index in [9.17, 15) is 5.11 Å². The molecule has 1 saturated carbocycles. The van der Waals surface area contributed by atoms with Gasteiger partial charge in [-0.05, 0) is 34.7 Å². The van der Waals surface area contributed by atoms with E-state index in [4.69, 9.17) is 4.74 Å². The zero-order chi connectivity index (χ0) is 12.4. The van der Waals surface area contributed by atoms with Gasteiger partial charge in [0.1, 0.15) is 0 Å². The van der Waals surface area contributed by atoms with Crippen molar-refractivity contribution in [2.75, 3.05) is 25.6 Å². The van der Waals surface area contributed by atoms with Gasteiger partial charge in [0.05, 0.1) is 23.9 Å². The van der Waals surface area contributed by atoms with Gasteiger partial charge >= 0.3 is 0 Å². The van der Waals surface area contributed by atoms with Crippen LogP contribution in [-0.4, -0.2) is 41.9 Å². The van der Waals surface area contributed by atoms with Crippen molar-refractivity contribution in [1.82, 2.24) is 9.97 Å². The highest BCUT2D eigenvalue weighted by atomic mass is 79.9. The summed E-state index contributed by atoms with van der Waals surface area (Å²) in [5.41, 5.74) is 0. The monoisotopic (exact) mass is 301 g/mol. The molecule has 5 nitrogen and oxygen atoms in total. The Morgan fingerprint density at radius 2 is 2.29 bits per heavy atom. The molecule has 6 heteroatoms. The predicted molar refractivity (Wildman–Crippen MR) is 68.3 cm³/mol. The smallest absolute Gasteiger partial charge is 0.232 e. The second-order valence-electron chi connectivity index (χ2n) is 4.40. The average molecular weight is 302 g/mol. The predicted octanol–water partition coefficient (Wildman–Crippen LogP) is 1.45. The van der Waals surface area contributed by atoms with Gasteiger partial charge in [-0.3, -0.25) is 0 Å². The molecule has 1 aliphatic rings. The Hall–Kier alpha value is -0.880. The number of halogens is 1. The van der Waals surface area contributed by atoms with Crippen molar-refractivity contribution in [3.8, 4) is 5.88 Å². The summed E-state index contributed by atoms with van der Waals surface area (Å²) in [5.74, 6) is 1.72. The Balaban J connectivity index is 2.01. The van der Waals surface area contributed by atoms with Crippen molar-refractivity contribution < 1.29 is 9.84 Å². The lowest BCUT2D eigenvalue weighted by Crippen LogP contribution is -2.37. The highest BCUT2D eigenvalue weighted by Gasteiger charge is 2.28. The summed E-state index contributed by atoms with van der Waals surface area (Å²) in [5, 5.41) is 9.24. The molecule has 0 atom stereocenters. The van der Waals surface area contributed by atoms with Crippen molar-refractivity contribution in [2.24, 2.45) is 5.92 Å². The summed E-state index contributed by atoms with van der Waals surface area (Å²) in [6.45, 7) is 0.863. The molecular formula is C11H16BrN3O2. The van der Waals surface area contributed by atoms with Crippen molar-refractivity contribution in [3.63, 3.8) is 0 Å². The average Bonchev–Trinajstić information content (AvgIpc) is 2.27. The second kappa shape index (κ2) is 5.18. The van der Waals surface area contributed by atoms with Gasteiger partial charge in [0.2, 0.25) is 11.8 Å². The first-order valence-electron chi connectivity index (χ1n) is 5.56. The quantitative estimate of drug-likeness (QED) is 0.912. The Morgan fingerprint density at radius 1 is 1.59 bits per heavy atom. The molecule has 0 spiro atoms. The Bertz CT molecular complexity index is 396. The van der Waals surface area contributed by atoms with Crippen molar-refractivity contribution in [2.45, 2.75) is 18.9 Å². The Kier molecular flexibility index (Phi) is 3.83. The van der Waals surface area contributed by atoms with Crippen LogP contribution in [0.2, 0.25) is 0 Å². The first kappa shape index (κ1) is 12.6. The van der Waals surface area contributed by atoms with Crippen molar-refractivity contribution in [3.05, 3.63) is 10.7 Å². The van der Waals surface area contributed by atoms with E-state index in [2.05, 4.69) is 25.9 Å². The van der Waals surface area contributed by atoms with E-state index in [1.54, 1.807) is 13.3 Å². The molecule has 0 bridgehead atoms. The minimum Gasteiger partial charge on any atom is -0.480 e. The van der Waals surface area contributed by atoms with Gasteiger partial charge in [-0.1, -0.05) is 0 Å². The van der Waals surface area contributed by atoms with Crippen LogP contribution in [0.5, 0.6) is 5.88 Å². The fourth-order valence-electron chi connectivity index (χ4n) is 1.99. The largest absolute Gasteiger partial charge is 0.480 e. The zero-order valence-electron chi connectivity index (χ0n) is 9.93. The fraction of sp³-hybridized carbons (Fsp3) is 0.636. The molecule has 1 heterocycles. The van der Waals surface area contributed by atoms with Crippen molar-refractivity contribution in [1.29, 1.82) is 0 Å². The summed E-state index contributed by atoms with van der Waals surface area (Å²) < 4.78 is 5.88. The highest BCUT2D eigenvalue weighted by Crippen LogP contribution is 2.29. The maximum Gasteiger partial charge on any atom is 0.232 e. The number of aliphatic hydroxyl groups is 1. The van der Waals surface area contributed by atoms with E-state index in [-0.39, 0.29) is 6.10 Å². The van der Waals surface area contributed by atoms with Crippen molar-refractivity contribution >= 4 is 21.9 Å². The zero-order valence-corrected chi connectivity index (χ0v) is 11.5. The van der Waals surface area contributed by atoms with Crippen LogP contribution < -0.4 is 9.64 Å². The lowest BCUT2D eigenvalue weighted by molar-refractivity contribution is 0.0463. The lowest BCUT2D eigenvalue weighted by atomic mass is 9.82. The van der Waals surface area contributed by atoms with E-state index in [0.29, 0.717) is 17.7 Å². The number of nitrogens with zero attached hydrogens (tertiary/aromatic N) is 3. The minimum absolute atomic E-state index is 0.117. The summed E-state index contributed by atoms with van der Waals surface area (Å²) >= 11 is 3.32. The third kappa shape index (κ3) is 2.87. The van der Waals surface area contributed by atoms with Gasteiger partial charge in [-0.2, -0.15) is 4.98 Å². The molecule has 1 fully saturated rings. The molecular weight excluding hydrogens is 286 g/mol. The van der Waals surface area contributed by atoms with Crippen LogP contribution in [0.15, 0.2) is 10.7 Å². The number of aliphatic hydroxyl groups excluding tert-OH is 1. The number of methoxy groups -OCH3 is 1. The highest BCUT2D eigenvalue weighted by molar-refractivity contribution is 9.10. The van der Waals surface area contributed by atoms with Gasteiger partial charge in [-0.25, -0.2) is 4.98 Å². The molecule has 0 amide bonds. The van der Waals surface area contributed by atoms with Crippen LogP contribution in [0.3, 0.4) is 0 Å². The van der Waals surface area contributed by atoms with Gasteiger partial charge < -0.3 is 14.7 Å². The third-order valence-corrected chi connectivity index (χ3v) is 3.52. The first-order valence-corrected chi connectivity index (χ1v) is 6.35. The van der Waals surface area contributed by atoms with Crippen LogP contribution in [0, 0.1) is 5.92 Å². The molecule has 0 unspecified atom stereocenters. The summed E-state index contributed by atoms with van der Waals surface area (Å²) in [6.07, 6.45) is 3.32. The molecule has 0 aliphatic heterocycles. The molecule has 1 N–H and O–H groups in total. The number of ether oxygens (including phenoxy) is 1. The van der Waals surface area contributed by atoms with E-state index < -0.39 is 0 Å². The molecule has 1 aliphatic carbocycles. The van der Waals surface area contributed by atoms with Gasteiger partial charge in [0.25, 0.3) is 0 Å². The maximum atomic E-state index is 9.24. The van der Waals surface area contributed by atoms with Crippen LogP contribution >= 0.6 is 15.9 Å². The molecule has 94 valence electrons. The molecule has 1 aromatic rings. The number of hydrogen-bond acceptors (Lipinski definition) is 5. The SMILES string of the molecule is COc1nc(N(C)CC2CC(O)C2)ncc1Br. The Labute approximate surface area is 109 Å². The van der Waals surface area contributed by atoms with Gasteiger partial charge in [0.15, 0.2) is 0 Å². The molecule has 2 rings (SSSR count). The maximum absolute atomic E-state index is 9.24. The molecule has 0 aromatic carbocycles. The summed E-state index contributed by atoms with van der Waals surface area (Å²) in [7, 11) is 3.53.